The van der Waals surface area contributed by atoms with E-state index in [2.05, 4.69) is 35.5 Å². The van der Waals surface area contributed by atoms with Gasteiger partial charge in [0.05, 0.1) is 25.0 Å². The largest absolute Gasteiger partial charge is 0.477 e. The molecule has 2 atom stereocenters. The number of anilines is 2. The Balaban J connectivity index is 1.31. The van der Waals surface area contributed by atoms with Crippen LogP contribution in [0.2, 0.25) is 0 Å². The lowest BCUT2D eigenvalue weighted by atomic mass is 10.1. The molecule has 0 saturated carbocycles. The Morgan fingerprint density at radius 2 is 1.95 bits per heavy atom. The van der Waals surface area contributed by atoms with Gasteiger partial charge in [0.15, 0.2) is 5.82 Å². The van der Waals surface area contributed by atoms with Gasteiger partial charge in [-0.1, -0.05) is 0 Å². The average molecular weight is 514 g/mol. The lowest BCUT2D eigenvalue weighted by Crippen LogP contribution is -2.50. The van der Waals surface area contributed by atoms with E-state index >= 15 is 0 Å². The fourth-order valence-electron chi connectivity index (χ4n) is 4.54. The van der Waals surface area contributed by atoms with Gasteiger partial charge in [-0.15, -0.1) is 0 Å². The van der Waals surface area contributed by atoms with Crippen LogP contribution in [-0.4, -0.2) is 101 Å². The third-order valence-corrected chi connectivity index (χ3v) is 6.46. The van der Waals surface area contributed by atoms with Gasteiger partial charge in [0.1, 0.15) is 0 Å². The molecule has 0 aliphatic carbocycles. The molecule has 0 radical (unpaired) electrons. The van der Waals surface area contributed by atoms with Gasteiger partial charge in [-0.3, -0.25) is 5.32 Å². The van der Waals surface area contributed by atoms with E-state index in [9.17, 15) is 9.59 Å². The van der Waals surface area contributed by atoms with Crippen LogP contribution < -0.4 is 25.0 Å². The molecule has 2 aliphatic rings. The van der Waals surface area contributed by atoms with E-state index < -0.39 is 6.09 Å². The molecular weight excluding hydrogens is 478 g/mol. The van der Waals surface area contributed by atoms with Crippen LogP contribution in [0.4, 0.5) is 21.4 Å². The number of hydrogen-bond donors (Lipinski definition) is 2. The Bertz CT molecular complexity index is 1050. The Labute approximate surface area is 216 Å². The van der Waals surface area contributed by atoms with Crippen LogP contribution in [0.5, 0.6) is 11.8 Å². The first kappa shape index (κ1) is 26.3. The summed E-state index contributed by atoms with van der Waals surface area (Å²) in [5.41, 5.74) is 0. The summed E-state index contributed by atoms with van der Waals surface area (Å²) < 4.78 is 10.7. The number of carbonyl (C=O) groups is 2. The van der Waals surface area contributed by atoms with Crippen molar-refractivity contribution in [1.29, 1.82) is 0 Å². The zero-order valence-electron chi connectivity index (χ0n) is 21.6. The molecular formula is C24H35N9O4. The van der Waals surface area contributed by atoms with Gasteiger partial charge in [0.25, 0.3) is 0 Å². The van der Waals surface area contributed by atoms with Crippen LogP contribution in [-0.2, 0) is 0 Å². The SMILES string of the molecule is CCOc1cnc(NC(=O)N(C)[C@@H]2CCCN(c3nccc(OC(=O)N[C@@H]4CCCN(C)C4)n3)C2)cn1. The fraction of sp³-hybridized carbons (Fsp3) is 0.583. The van der Waals surface area contributed by atoms with E-state index in [1.54, 1.807) is 24.2 Å². The molecule has 4 heterocycles. The predicted molar refractivity (Wildman–Crippen MR) is 137 cm³/mol. The number of aromatic nitrogens is 4. The number of ether oxygens (including phenoxy) is 2. The lowest BCUT2D eigenvalue weighted by Gasteiger charge is -2.37. The number of hydrogen-bond acceptors (Lipinski definition) is 10. The number of likely N-dealkylation sites (N-methyl/N-ethyl adjacent to an activating group) is 2. The van der Waals surface area contributed by atoms with E-state index in [0.29, 0.717) is 30.8 Å². The van der Waals surface area contributed by atoms with Crippen molar-refractivity contribution >= 4 is 23.9 Å². The van der Waals surface area contributed by atoms with Crippen molar-refractivity contribution in [2.24, 2.45) is 0 Å². The zero-order chi connectivity index (χ0) is 26.2. The van der Waals surface area contributed by atoms with Crippen molar-refractivity contribution in [3.05, 3.63) is 24.7 Å². The minimum Gasteiger partial charge on any atom is -0.477 e. The van der Waals surface area contributed by atoms with Crippen molar-refractivity contribution in [2.75, 3.05) is 57.1 Å². The summed E-state index contributed by atoms with van der Waals surface area (Å²) in [5.74, 6) is 1.40. The minimum atomic E-state index is -0.518. The molecule has 0 spiro atoms. The van der Waals surface area contributed by atoms with Crippen molar-refractivity contribution < 1.29 is 19.1 Å². The maximum absolute atomic E-state index is 12.8. The van der Waals surface area contributed by atoms with Crippen LogP contribution in [0.3, 0.4) is 0 Å². The Kier molecular flexibility index (Phi) is 8.88. The van der Waals surface area contributed by atoms with E-state index in [1.807, 2.05) is 18.9 Å². The molecule has 2 aliphatic heterocycles. The van der Waals surface area contributed by atoms with Crippen LogP contribution in [0.25, 0.3) is 0 Å². The topological polar surface area (TPSA) is 138 Å². The van der Waals surface area contributed by atoms with Gasteiger partial charge in [-0.2, -0.15) is 4.98 Å². The molecule has 3 amide bonds. The third-order valence-electron chi connectivity index (χ3n) is 6.46. The van der Waals surface area contributed by atoms with E-state index in [-0.39, 0.29) is 24.0 Å². The van der Waals surface area contributed by atoms with Crippen LogP contribution in [0.15, 0.2) is 24.7 Å². The summed E-state index contributed by atoms with van der Waals surface area (Å²) in [6, 6.07) is 1.28. The summed E-state index contributed by atoms with van der Waals surface area (Å²) in [6.45, 7) is 5.47. The highest BCUT2D eigenvalue weighted by Gasteiger charge is 2.28. The highest BCUT2D eigenvalue weighted by molar-refractivity contribution is 5.88. The number of piperidine rings is 2. The Morgan fingerprint density at radius 1 is 1.11 bits per heavy atom. The number of rotatable bonds is 7. The van der Waals surface area contributed by atoms with E-state index in [4.69, 9.17) is 9.47 Å². The van der Waals surface area contributed by atoms with Crippen LogP contribution >= 0.6 is 0 Å². The monoisotopic (exact) mass is 513 g/mol. The first-order valence-electron chi connectivity index (χ1n) is 12.6. The molecule has 2 aromatic heterocycles. The molecule has 37 heavy (non-hydrogen) atoms. The van der Waals surface area contributed by atoms with Crippen molar-refractivity contribution in [3.8, 4) is 11.8 Å². The first-order chi connectivity index (χ1) is 17.9. The first-order valence-corrected chi connectivity index (χ1v) is 12.6. The number of nitrogens with zero attached hydrogens (tertiary/aromatic N) is 7. The fourth-order valence-corrected chi connectivity index (χ4v) is 4.54. The maximum Gasteiger partial charge on any atom is 0.414 e. The molecule has 2 aromatic rings. The summed E-state index contributed by atoms with van der Waals surface area (Å²) in [5, 5.41) is 5.69. The second kappa shape index (κ2) is 12.5. The maximum atomic E-state index is 12.8. The number of carbonyl (C=O) groups excluding carboxylic acids is 2. The highest BCUT2D eigenvalue weighted by atomic mass is 16.6. The van der Waals surface area contributed by atoms with Gasteiger partial charge >= 0.3 is 12.1 Å². The number of amides is 3. The Morgan fingerprint density at radius 3 is 2.70 bits per heavy atom. The van der Waals surface area contributed by atoms with Crippen LogP contribution in [0.1, 0.15) is 32.6 Å². The minimum absolute atomic E-state index is 0.0608. The normalized spacial score (nSPS) is 20.1. The highest BCUT2D eigenvalue weighted by Crippen LogP contribution is 2.21. The molecule has 13 heteroatoms. The lowest BCUT2D eigenvalue weighted by molar-refractivity contribution is 0.177. The standard InChI is InChI=1S/C24H35N9O4/c1-4-36-21-14-26-19(13-27-21)29-23(34)32(3)18-8-6-12-33(16-18)22-25-10-9-20(30-22)37-24(35)28-17-7-5-11-31(2)15-17/h9-10,13-14,17-18H,4-8,11-12,15-16H2,1-3H3,(H,28,35)(H,26,29,34)/t17-,18-/m1/s1. The van der Waals surface area contributed by atoms with Gasteiger partial charge in [0.2, 0.25) is 17.7 Å². The van der Waals surface area contributed by atoms with Gasteiger partial charge in [-0.25, -0.2) is 24.5 Å². The number of urea groups is 1. The zero-order valence-corrected chi connectivity index (χ0v) is 21.6. The molecule has 0 aromatic carbocycles. The summed E-state index contributed by atoms with van der Waals surface area (Å²) in [6.07, 6.45) is 7.65. The third kappa shape index (κ3) is 7.38. The number of likely N-dealkylation sites (tertiary alicyclic amines) is 1. The van der Waals surface area contributed by atoms with Crippen molar-refractivity contribution in [1.82, 2.24) is 35.1 Å². The smallest absolute Gasteiger partial charge is 0.414 e. The molecule has 4 rings (SSSR count). The molecule has 0 bridgehead atoms. The molecule has 200 valence electrons. The molecule has 2 fully saturated rings. The van der Waals surface area contributed by atoms with Gasteiger partial charge in [-0.05, 0) is 46.2 Å². The molecule has 0 unspecified atom stereocenters. The second-order valence-corrected chi connectivity index (χ2v) is 9.29. The van der Waals surface area contributed by atoms with Gasteiger partial charge in [0, 0.05) is 45.0 Å². The Hall–Kier alpha value is -3.74. The summed E-state index contributed by atoms with van der Waals surface area (Å²) in [7, 11) is 3.79. The molecule has 2 N–H and O–H groups in total. The molecule has 2 saturated heterocycles. The van der Waals surface area contributed by atoms with Crippen molar-refractivity contribution in [3.63, 3.8) is 0 Å². The quantitative estimate of drug-likeness (QED) is 0.565. The van der Waals surface area contributed by atoms with E-state index in [1.165, 1.54) is 12.4 Å². The van der Waals surface area contributed by atoms with Crippen molar-refractivity contribution in [2.45, 2.75) is 44.7 Å². The van der Waals surface area contributed by atoms with Gasteiger partial charge < -0.3 is 29.5 Å². The van der Waals surface area contributed by atoms with Crippen LogP contribution in [0, 0.1) is 0 Å². The molecule has 13 nitrogen and oxygen atoms in total. The van der Waals surface area contributed by atoms with E-state index in [0.717, 1.165) is 45.3 Å². The average Bonchev–Trinajstić information content (AvgIpc) is 2.89. The summed E-state index contributed by atoms with van der Waals surface area (Å²) in [4.78, 5) is 48.2. The second-order valence-electron chi connectivity index (χ2n) is 9.29. The predicted octanol–water partition coefficient (Wildman–Crippen LogP) is 1.98. The number of nitrogens with one attached hydrogen (secondary N) is 2. The summed E-state index contributed by atoms with van der Waals surface area (Å²) >= 11 is 0.